The lowest BCUT2D eigenvalue weighted by atomic mass is 10.00. The van der Waals surface area contributed by atoms with Gasteiger partial charge in [-0.1, -0.05) is 63.7 Å². The number of hydrogen-bond acceptors (Lipinski definition) is 2. The molecule has 0 fully saturated rings. The molecule has 3 nitrogen and oxygen atoms in total. The largest absolute Gasteiger partial charge is 0.481 e. The SMILES string of the molecule is C/C=C\CCCC(=O)O.CCCCCCCCC1C=CC(=O)C1. The Morgan fingerprint density at radius 3 is 2.48 bits per heavy atom. The molecule has 1 rings (SSSR count). The monoisotopic (exact) mass is 322 g/mol. The van der Waals surface area contributed by atoms with Gasteiger partial charge < -0.3 is 5.11 Å². The van der Waals surface area contributed by atoms with Crippen LogP contribution in [0.25, 0.3) is 0 Å². The first-order valence-corrected chi connectivity index (χ1v) is 9.14. The van der Waals surface area contributed by atoms with Gasteiger partial charge in [0.05, 0.1) is 0 Å². The van der Waals surface area contributed by atoms with E-state index in [1.807, 2.05) is 19.1 Å². The van der Waals surface area contributed by atoms with Gasteiger partial charge in [-0.2, -0.15) is 0 Å². The highest BCUT2D eigenvalue weighted by Gasteiger charge is 2.14. The molecule has 1 N–H and O–H groups in total. The molecule has 0 aromatic carbocycles. The zero-order valence-corrected chi connectivity index (χ0v) is 14.9. The molecule has 0 aromatic rings. The minimum absolute atomic E-state index is 0.282. The lowest BCUT2D eigenvalue weighted by Gasteiger charge is -2.05. The molecule has 1 aliphatic carbocycles. The van der Waals surface area contributed by atoms with Crippen LogP contribution in [0.4, 0.5) is 0 Å². The molecule has 0 bridgehead atoms. The highest BCUT2D eigenvalue weighted by atomic mass is 16.4. The van der Waals surface area contributed by atoms with E-state index in [0.29, 0.717) is 11.7 Å². The standard InChI is InChI=1S/C13H22O.C7H12O2/c1-2-3-4-5-6-7-8-12-9-10-13(14)11-12;1-2-3-4-5-6-7(8)9/h9-10,12H,2-8,11H2,1H3;2-3H,4-6H2,1H3,(H,8,9)/b;3-2-. The van der Waals surface area contributed by atoms with Crippen LogP contribution in [0.1, 0.15) is 84.5 Å². The topological polar surface area (TPSA) is 54.4 Å². The Morgan fingerprint density at radius 2 is 1.91 bits per heavy atom. The van der Waals surface area contributed by atoms with Gasteiger partial charge in [-0.25, -0.2) is 0 Å². The van der Waals surface area contributed by atoms with Crippen molar-refractivity contribution in [3.8, 4) is 0 Å². The van der Waals surface area contributed by atoms with Crippen LogP contribution in [0.3, 0.4) is 0 Å². The van der Waals surface area contributed by atoms with E-state index in [2.05, 4.69) is 13.0 Å². The molecule has 1 aliphatic rings. The Hall–Kier alpha value is -1.38. The summed E-state index contributed by atoms with van der Waals surface area (Å²) in [6.07, 6.45) is 19.7. The van der Waals surface area contributed by atoms with Gasteiger partial charge in [0, 0.05) is 12.8 Å². The van der Waals surface area contributed by atoms with Gasteiger partial charge in [-0.15, -0.1) is 0 Å². The average molecular weight is 322 g/mol. The Labute approximate surface area is 141 Å². The molecule has 0 spiro atoms. The molecule has 0 aromatic heterocycles. The predicted molar refractivity (Wildman–Crippen MR) is 96.5 cm³/mol. The van der Waals surface area contributed by atoms with Crippen LogP contribution in [0, 0.1) is 5.92 Å². The zero-order valence-electron chi connectivity index (χ0n) is 14.9. The molecule has 23 heavy (non-hydrogen) atoms. The molecule has 0 saturated carbocycles. The Bertz CT molecular complexity index is 369. The first-order chi connectivity index (χ1) is 11.1. The number of carbonyl (C=O) groups excluding carboxylic acids is 1. The van der Waals surface area contributed by atoms with Gasteiger partial charge in [0.1, 0.15) is 0 Å². The first-order valence-electron chi connectivity index (χ1n) is 9.14. The van der Waals surface area contributed by atoms with Crippen LogP contribution < -0.4 is 0 Å². The molecule has 0 radical (unpaired) electrons. The highest BCUT2D eigenvalue weighted by molar-refractivity contribution is 5.92. The van der Waals surface area contributed by atoms with Crippen LogP contribution in [0.2, 0.25) is 0 Å². The van der Waals surface area contributed by atoms with Crippen molar-refractivity contribution in [2.45, 2.75) is 84.5 Å². The molecule has 1 atom stereocenters. The van der Waals surface area contributed by atoms with Crippen molar-refractivity contribution in [2.75, 3.05) is 0 Å². The quantitative estimate of drug-likeness (QED) is 0.392. The van der Waals surface area contributed by atoms with E-state index >= 15 is 0 Å². The Balaban J connectivity index is 0.000000468. The van der Waals surface area contributed by atoms with E-state index in [0.717, 1.165) is 19.3 Å². The number of aliphatic carboxylic acids is 1. The summed E-state index contributed by atoms with van der Waals surface area (Å²) in [4.78, 5) is 20.9. The fraction of sp³-hybridized carbons (Fsp3) is 0.700. The van der Waals surface area contributed by atoms with E-state index in [1.54, 1.807) is 6.08 Å². The molecular weight excluding hydrogens is 288 g/mol. The van der Waals surface area contributed by atoms with Gasteiger partial charge in [0.15, 0.2) is 5.78 Å². The van der Waals surface area contributed by atoms with Gasteiger partial charge in [-0.3, -0.25) is 9.59 Å². The second kappa shape index (κ2) is 15.5. The van der Waals surface area contributed by atoms with E-state index in [1.165, 1.54) is 44.9 Å². The lowest BCUT2D eigenvalue weighted by molar-refractivity contribution is -0.137. The number of unbranched alkanes of at least 4 members (excludes halogenated alkanes) is 6. The van der Waals surface area contributed by atoms with Gasteiger partial charge >= 0.3 is 5.97 Å². The fourth-order valence-corrected chi connectivity index (χ4v) is 2.56. The molecule has 0 amide bonds. The maximum atomic E-state index is 10.9. The van der Waals surface area contributed by atoms with Crippen molar-refractivity contribution in [1.29, 1.82) is 0 Å². The third-order valence-electron chi connectivity index (χ3n) is 3.94. The summed E-state index contributed by atoms with van der Waals surface area (Å²) in [5.41, 5.74) is 0. The van der Waals surface area contributed by atoms with Crippen molar-refractivity contribution in [1.82, 2.24) is 0 Å². The molecule has 0 aliphatic heterocycles. The van der Waals surface area contributed by atoms with Crippen LogP contribution in [-0.4, -0.2) is 16.9 Å². The summed E-state index contributed by atoms with van der Waals surface area (Å²) in [5, 5.41) is 8.19. The van der Waals surface area contributed by atoms with Crippen molar-refractivity contribution < 1.29 is 14.7 Å². The summed E-state index contributed by atoms with van der Waals surface area (Å²) in [5.74, 6) is 0.175. The van der Waals surface area contributed by atoms with Gasteiger partial charge in [0.2, 0.25) is 0 Å². The van der Waals surface area contributed by atoms with E-state index in [4.69, 9.17) is 5.11 Å². The first kappa shape index (κ1) is 21.6. The maximum absolute atomic E-state index is 10.9. The molecule has 1 unspecified atom stereocenters. The van der Waals surface area contributed by atoms with Crippen LogP contribution in [-0.2, 0) is 9.59 Å². The second-order valence-electron chi connectivity index (χ2n) is 6.20. The minimum Gasteiger partial charge on any atom is -0.481 e. The third kappa shape index (κ3) is 15.3. The highest BCUT2D eigenvalue weighted by Crippen LogP contribution is 2.21. The van der Waals surface area contributed by atoms with Gasteiger partial charge in [-0.05, 0) is 38.2 Å². The number of ketones is 1. The summed E-state index contributed by atoms with van der Waals surface area (Å²) in [7, 11) is 0. The lowest BCUT2D eigenvalue weighted by Crippen LogP contribution is -1.96. The second-order valence-corrected chi connectivity index (χ2v) is 6.20. The summed E-state index contributed by atoms with van der Waals surface area (Å²) >= 11 is 0. The zero-order chi connectivity index (χ0) is 17.3. The third-order valence-corrected chi connectivity index (χ3v) is 3.94. The number of allylic oxidation sites excluding steroid dienone is 4. The Morgan fingerprint density at radius 1 is 1.22 bits per heavy atom. The van der Waals surface area contributed by atoms with E-state index in [9.17, 15) is 9.59 Å². The average Bonchev–Trinajstić information content (AvgIpc) is 2.93. The molecule has 132 valence electrons. The number of carbonyl (C=O) groups is 2. The summed E-state index contributed by atoms with van der Waals surface area (Å²) in [6.45, 7) is 4.18. The van der Waals surface area contributed by atoms with Gasteiger partial charge in [0.25, 0.3) is 0 Å². The van der Waals surface area contributed by atoms with Crippen molar-refractivity contribution in [3.63, 3.8) is 0 Å². The van der Waals surface area contributed by atoms with Crippen molar-refractivity contribution in [2.24, 2.45) is 5.92 Å². The molecule has 0 saturated heterocycles. The minimum atomic E-state index is -0.709. The number of rotatable bonds is 11. The summed E-state index contributed by atoms with van der Waals surface area (Å²) < 4.78 is 0. The normalized spacial score (nSPS) is 16.6. The molecule has 0 heterocycles. The van der Waals surface area contributed by atoms with E-state index < -0.39 is 5.97 Å². The van der Waals surface area contributed by atoms with Crippen LogP contribution in [0.15, 0.2) is 24.3 Å². The Kier molecular flexibility index (Phi) is 14.6. The smallest absolute Gasteiger partial charge is 0.303 e. The van der Waals surface area contributed by atoms with E-state index in [-0.39, 0.29) is 6.42 Å². The number of carboxylic acid groups (broad SMARTS) is 1. The van der Waals surface area contributed by atoms with Crippen LogP contribution >= 0.6 is 0 Å². The predicted octanol–water partition coefficient (Wildman–Crippen LogP) is 5.70. The number of hydrogen-bond donors (Lipinski definition) is 1. The maximum Gasteiger partial charge on any atom is 0.303 e. The van der Waals surface area contributed by atoms with Crippen molar-refractivity contribution in [3.05, 3.63) is 24.3 Å². The molecule has 3 heteroatoms. The van der Waals surface area contributed by atoms with Crippen LogP contribution in [0.5, 0.6) is 0 Å². The summed E-state index contributed by atoms with van der Waals surface area (Å²) in [6, 6.07) is 0. The fourth-order valence-electron chi connectivity index (χ4n) is 2.56. The number of carboxylic acids is 1. The van der Waals surface area contributed by atoms with Crippen molar-refractivity contribution >= 4 is 11.8 Å². The molecular formula is C20H34O3.